The standard InChI is InChI=1S/C17H21NO3S/c1-5-18(15-8-6-13(2)7-9-15)22(19,20)16-10-11-17(21-4)14(3)12-16/h6-12H,5H2,1-4H3. The number of hydrogen-bond donors (Lipinski definition) is 0. The zero-order valence-electron chi connectivity index (χ0n) is 13.3. The molecule has 4 nitrogen and oxygen atoms in total. The number of hydrogen-bond acceptors (Lipinski definition) is 3. The summed E-state index contributed by atoms with van der Waals surface area (Å²) in [5, 5.41) is 0. The van der Waals surface area contributed by atoms with Gasteiger partial charge in [-0.2, -0.15) is 0 Å². The lowest BCUT2D eigenvalue weighted by molar-refractivity contribution is 0.411. The van der Waals surface area contributed by atoms with Gasteiger partial charge in [0.1, 0.15) is 5.75 Å². The van der Waals surface area contributed by atoms with E-state index in [0.29, 0.717) is 18.0 Å². The second kappa shape index (κ2) is 6.40. The van der Waals surface area contributed by atoms with E-state index in [-0.39, 0.29) is 4.90 Å². The number of aryl methyl sites for hydroxylation is 2. The molecule has 22 heavy (non-hydrogen) atoms. The topological polar surface area (TPSA) is 46.6 Å². The minimum absolute atomic E-state index is 0.272. The van der Waals surface area contributed by atoms with Crippen LogP contribution in [0.1, 0.15) is 18.1 Å². The van der Waals surface area contributed by atoms with Gasteiger partial charge in [-0.3, -0.25) is 4.31 Å². The van der Waals surface area contributed by atoms with E-state index in [1.807, 2.05) is 45.0 Å². The van der Waals surface area contributed by atoms with Crippen LogP contribution in [0.2, 0.25) is 0 Å². The number of benzene rings is 2. The third-order valence-electron chi connectivity index (χ3n) is 3.56. The maximum absolute atomic E-state index is 12.9. The molecule has 0 aromatic heterocycles. The highest BCUT2D eigenvalue weighted by atomic mass is 32.2. The van der Waals surface area contributed by atoms with Gasteiger partial charge < -0.3 is 4.74 Å². The Bertz CT molecular complexity index is 752. The average Bonchev–Trinajstić information content (AvgIpc) is 2.49. The van der Waals surface area contributed by atoms with Crippen molar-refractivity contribution in [3.8, 4) is 5.75 Å². The van der Waals surface area contributed by atoms with E-state index in [1.54, 1.807) is 25.3 Å². The van der Waals surface area contributed by atoms with Gasteiger partial charge in [-0.15, -0.1) is 0 Å². The molecule has 5 heteroatoms. The predicted molar refractivity (Wildman–Crippen MR) is 89.1 cm³/mol. The molecule has 0 fully saturated rings. The Morgan fingerprint density at radius 1 is 1.05 bits per heavy atom. The van der Waals surface area contributed by atoms with Crippen LogP contribution >= 0.6 is 0 Å². The van der Waals surface area contributed by atoms with Crippen molar-refractivity contribution in [2.45, 2.75) is 25.7 Å². The second-order valence-electron chi connectivity index (χ2n) is 5.14. The van der Waals surface area contributed by atoms with Crippen LogP contribution in [0.3, 0.4) is 0 Å². The first-order valence-electron chi connectivity index (χ1n) is 7.14. The van der Waals surface area contributed by atoms with Crippen LogP contribution in [0.15, 0.2) is 47.4 Å². The lowest BCUT2D eigenvalue weighted by Crippen LogP contribution is -2.30. The van der Waals surface area contributed by atoms with E-state index in [0.717, 1.165) is 11.1 Å². The molecule has 0 aliphatic carbocycles. The Morgan fingerprint density at radius 2 is 1.68 bits per heavy atom. The molecule has 2 aromatic carbocycles. The molecule has 0 saturated heterocycles. The normalized spacial score (nSPS) is 11.3. The average molecular weight is 319 g/mol. The number of nitrogens with zero attached hydrogens (tertiary/aromatic N) is 1. The molecule has 2 aromatic rings. The summed E-state index contributed by atoms with van der Waals surface area (Å²) in [6.07, 6.45) is 0. The van der Waals surface area contributed by atoms with Crippen molar-refractivity contribution in [1.29, 1.82) is 0 Å². The zero-order chi connectivity index (χ0) is 16.3. The summed E-state index contributed by atoms with van der Waals surface area (Å²) in [4.78, 5) is 0.272. The smallest absolute Gasteiger partial charge is 0.264 e. The van der Waals surface area contributed by atoms with E-state index in [9.17, 15) is 8.42 Å². The van der Waals surface area contributed by atoms with E-state index in [2.05, 4.69) is 0 Å². The van der Waals surface area contributed by atoms with Gasteiger partial charge in [0, 0.05) is 6.54 Å². The summed E-state index contributed by atoms with van der Waals surface area (Å²) in [7, 11) is -2.02. The highest BCUT2D eigenvalue weighted by molar-refractivity contribution is 7.92. The van der Waals surface area contributed by atoms with Crippen LogP contribution in [0.25, 0.3) is 0 Å². The van der Waals surface area contributed by atoms with Crippen molar-refractivity contribution in [3.05, 3.63) is 53.6 Å². The highest BCUT2D eigenvalue weighted by Gasteiger charge is 2.24. The maximum atomic E-state index is 12.9. The van der Waals surface area contributed by atoms with E-state index in [1.165, 1.54) is 4.31 Å². The van der Waals surface area contributed by atoms with Gasteiger partial charge in [-0.25, -0.2) is 8.42 Å². The Kier molecular flexibility index (Phi) is 4.76. The van der Waals surface area contributed by atoms with Crippen LogP contribution in [0.4, 0.5) is 5.69 Å². The fourth-order valence-electron chi connectivity index (χ4n) is 2.34. The maximum Gasteiger partial charge on any atom is 0.264 e. The Morgan fingerprint density at radius 3 is 2.18 bits per heavy atom. The van der Waals surface area contributed by atoms with Crippen molar-refractivity contribution in [3.63, 3.8) is 0 Å². The van der Waals surface area contributed by atoms with E-state index in [4.69, 9.17) is 4.74 Å². The van der Waals surface area contributed by atoms with Crippen LogP contribution < -0.4 is 9.04 Å². The lowest BCUT2D eigenvalue weighted by atomic mass is 10.2. The van der Waals surface area contributed by atoms with Crippen LogP contribution in [-0.4, -0.2) is 22.1 Å². The fraction of sp³-hybridized carbons (Fsp3) is 0.294. The molecule has 0 radical (unpaired) electrons. The first-order chi connectivity index (χ1) is 10.4. The molecule has 0 aliphatic heterocycles. The molecule has 0 atom stereocenters. The monoisotopic (exact) mass is 319 g/mol. The second-order valence-corrected chi connectivity index (χ2v) is 7.00. The van der Waals surface area contributed by atoms with Crippen molar-refractivity contribution >= 4 is 15.7 Å². The molecule has 0 heterocycles. The first-order valence-corrected chi connectivity index (χ1v) is 8.58. The molecule has 118 valence electrons. The molecule has 0 spiro atoms. The minimum atomic E-state index is -3.59. The molecule has 0 N–H and O–H groups in total. The van der Waals surface area contributed by atoms with Crippen LogP contribution in [-0.2, 0) is 10.0 Å². The molecule has 0 bridgehead atoms. The van der Waals surface area contributed by atoms with Crippen molar-refractivity contribution in [1.82, 2.24) is 0 Å². The van der Waals surface area contributed by atoms with Gasteiger partial charge in [-0.1, -0.05) is 17.7 Å². The van der Waals surface area contributed by atoms with Gasteiger partial charge in [0.05, 0.1) is 17.7 Å². The zero-order valence-corrected chi connectivity index (χ0v) is 14.1. The quantitative estimate of drug-likeness (QED) is 0.847. The number of rotatable bonds is 5. The largest absolute Gasteiger partial charge is 0.496 e. The van der Waals surface area contributed by atoms with Crippen molar-refractivity contribution in [2.75, 3.05) is 18.0 Å². The van der Waals surface area contributed by atoms with E-state index < -0.39 is 10.0 Å². The van der Waals surface area contributed by atoms with Crippen LogP contribution in [0, 0.1) is 13.8 Å². The first kappa shape index (κ1) is 16.4. The minimum Gasteiger partial charge on any atom is -0.496 e. The molecule has 0 aliphatic rings. The number of ether oxygens (including phenoxy) is 1. The summed E-state index contributed by atoms with van der Waals surface area (Å²) < 4.78 is 32.4. The van der Waals surface area contributed by atoms with Gasteiger partial charge in [0.25, 0.3) is 10.0 Å². The highest BCUT2D eigenvalue weighted by Crippen LogP contribution is 2.27. The SMILES string of the molecule is CCN(c1ccc(C)cc1)S(=O)(=O)c1ccc(OC)c(C)c1. The summed E-state index contributed by atoms with van der Waals surface area (Å²) in [6, 6.07) is 12.4. The van der Waals surface area contributed by atoms with Gasteiger partial charge in [0.15, 0.2) is 0 Å². The van der Waals surface area contributed by atoms with Gasteiger partial charge in [0.2, 0.25) is 0 Å². The molecular weight excluding hydrogens is 298 g/mol. The number of anilines is 1. The third-order valence-corrected chi connectivity index (χ3v) is 5.46. The van der Waals surface area contributed by atoms with Crippen molar-refractivity contribution in [2.24, 2.45) is 0 Å². The molecule has 0 unspecified atom stereocenters. The van der Waals surface area contributed by atoms with Gasteiger partial charge in [-0.05, 0) is 56.7 Å². The molecule has 0 amide bonds. The summed E-state index contributed by atoms with van der Waals surface area (Å²) >= 11 is 0. The van der Waals surface area contributed by atoms with Gasteiger partial charge >= 0.3 is 0 Å². The Labute approximate surface area is 132 Å². The Balaban J connectivity index is 2.47. The van der Waals surface area contributed by atoms with E-state index >= 15 is 0 Å². The summed E-state index contributed by atoms with van der Waals surface area (Å²) in [5.74, 6) is 0.678. The molecule has 0 saturated carbocycles. The molecular formula is C17H21NO3S. The third kappa shape index (κ3) is 3.09. The van der Waals surface area contributed by atoms with Crippen molar-refractivity contribution < 1.29 is 13.2 Å². The number of methoxy groups -OCH3 is 1. The summed E-state index contributed by atoms with van der Waals surface area (Å²) in [6.45, 7) is 6.01. The Hall–Kier alpha value is -2.01. The van der Waals surface area contributed by atoms with Crippen LogP contribution in [0.5, 0.6) is 5.75 Å². The lowest BCUT2D eigenvalue weighted by Gasteiger charge is -2.23. The summed E-state index contributed by atoms with van der Waals surface area (Å²) in [5.41, 5.74) is 2.56. The molecule has 2 rings (SSSR count). The fourth-order valence-corrected chi connectivity index (χ4v) is 3.90. The predicted octanol–water partition coefficient (Wildman–Crippen LogP) is 3.53. The number of sulfonamides is 1.